The van der Waals surface area contributed by atoms with Crippen molar-refractivity contribution in [3.63, 3.8) is 0 Å². The number of nitrogens with one attached hydrogen (secondary N) is 2. The molecule has 0 spiro atoms. The summed E-state index contributed by atoms with van der Waals surface area (Å²) in [5, 5.41) is 24.6. The number of phenols is 1. The molecule has 7 heteroatoms. The first kappa shape index (κ1) is 27.2. The number of unbranched alkanes of at least 4 members (excludes halogenated alkanes) is 2. The number of ether oxygens (including phenoxy) is 1. The van der Waals surface area contributed by atoms with Crippen LogP contribution < -0.4 is 15.6 Å². The molecule has 1 aliphatic rings. The van der Waals surface area contributed by atoms with Gasteiger partial charge in [0.15, 0.2) is 0 Å². The van der Waals surface area contributed by atoms with Gasteiger partial charge in [0, 0.05) is 24.5 Å². The molecular weight excluding hydrogens is 466 g/mol. The molecule has 1 aliphatic heterocycles. The van der Waals surface area contributed by atoms with Crippen molar-refractivity contribution in [2.75, 3.05) is 39.3 Å². The van der Waals surface area contributed by atoms with E-state index in [4.69, 9.17) is 4.74 Å². The van der Waals surface area contributed by atoms with Crippen molar-refractivity contribution in [3.8, 4) is 11.5 Å². The molecule has 1 aromatic heterocycles. The number of aliphatic hydroxyl groups excluding tert-OH is 1. The number of piperidine rings is 1. The van der Waals surface area contributed by atoms with E-state index in [9.17, 15) is 15.0 Å². The van der Waals surface area contributed by atoms with Crippen molar-refractivity contribution in [3.05, 3.63) is 76.9 Å². The van der Waals surface area contributed by atoms with E-state index in [0.29, 0.717) is 35.5 Å². The van der Waals surface area contributed by atoms with Gasteiger partial charge in [0.1, 0.15) is 11.5 Å². The van der Waals surface area contributed by atoms with Gasteiger partial charge in [-0.05, 0) is 99.5 Å². The Balaban J connectivity index is 1.08. The highest BCUT2D eigenvalue weighted by molar-refractivity contribution is 5.87. The van der Waals surface area contributed by atoms with Gasteiger partial charge in [0.25, 0.3) is 0 Å². The number of nitrogens with zero attached hydrogens (tertiary/aromatic N) is 1. The zero-order valence-electron chi connectivity index (χ0n) is 21.6. The molecule has 1 radical (unpaired) electrons. The number of fused-ring (bicyclic) bond motifs is 1. The lowest BCUT2D eigenvalue weighted by Gasteiger charge is -2.30. The number of H-pyrrole nitrogens is 1. The normalized spacial score (nSPS) is 15.7. The van der Waals surface area contributed by atoms with Gasteiger partial charge in [0.2, 0.25) is 5.56 Å². The molecule has 1 atom stereocenters. The Kier molecular flexibility index (Phi) is 9.99. The number of rotatable bonds is 13. The Morgan fingerprint density at radius 3 is 2.62 bits per heavy atom. The van der Waals surface area contributed by atoms with E-state index >= 15 is 0 Å². The summed E-state index contributed by atoms with van der Waals surface area (Å²) in [6.07, 6.45) is 5.77. The molecule has 199 valence electrons. The third-order valence-electron chi connectivity index (χ3n) is 7.22. The van der Waals surface area contributed by atoms with Crippen LogP contribution in [0.5, 0.6) is 11.5 Å². The average molecular weight is 507 g/mol. The van der Waals surface area contributed by atoms with E-state index < -0.39 is 6.10 Å². The van der Waals surface area contributed by atoms with Crippen LogP contribution in [-0.2, 0) is 6.42 Å². The van der Waals surface area contributed by atoms with Crippen molar-refractivity contribution in [1.29, 1.82) is 0 Å². The van der Waals surface area contributed by atoms with Crippen LogP contribution in [0, 0.1) is 12.8 Å². The molecule has 0 unspecified atom stereocenters. The van der Waals surface area contributed by atoms with Gasteiger partial charge in [0.05, 0.1) is 18.2 Å². The summed E-state index contributed by atoms with van der Waals surface area (Å²) in [6, 6.07) is 14.7. The van der Waals surface area contributed by atoms with Gasteiger partial charge in [-0.2, -0.15) is 0 Å². The predicted molar refractivity (Wildman–Crippen MR) is 148 cm³/mol. The summed E-state index contributed by atoms with van der Waals surface area (Å²) in [7, 11) is 0. The van der Waals surface area contributed by atoms with E-state index in [1.807, 2.05) is 0 Å². The molecule has 4 N–H and O–H groups in total. The molecule has 4 rings (SSSR count). The monoisotopic (exact) mass is 506 g/mol. The maximum absolute atomic E-state index is 11.6. The lowest BCUT2D eigenvalue weighted by atomic mass is 9.99. The maximum Gasteiger partial charge on any atom is 0.248 e. The minimum Gasteiger partial charge on any atom is -0.506 e. The number of hydrogen-bond donors (Lipinski definition) is 4. The van der Waals surface area contributed by atoms with Crippen molar-refractivity contribution in [2.45, 2.75) is 44.6 Å². The first-order chi connectivity index (χ1) is 18.0. The Bertz CT molecular complexity index is 1170. The minimum atomic E-state index is -0.735. The number of aromatic hydroxyl groups is 1. The smallest absolute Gasteiger partial charge is 0.248 e. The van der Waals surface area contributed by atoms with Gasteiger partial charge >= 0.3 is 0 Å². The Hall–Kier alpha value is -2.87. The quantitative estimate of drug-likeness (QED) is 0.260. The number of hydrogen-bond acceptors (Lipinski definition) is 6. The van der Waals surface area contributed by atoms with E-state index in [1.54, 1.807) is 12.1 Å². The summed E-state index contributed by atoms with van der Waals surface area (Å²) in [6.45, 7) is 9.52. The average Bonchev–Trinajstić information content (AvgIpc) is 2.91. The molecular formula is C30H40N3O4. The Morgan fingerprint density at radius 1 is 1.05 bits per heavy atom. The second-order valence-electron chi connectivity index (χ2n) is 10.1. The van der Waals surface area contributed by atoms with Crippen LogP contribution in [0.3, 0.4) is 0 Å². The second-order valence-corrected chi connectivity index (χ2v) is 10.1. The fraction of sp³-hybridized carbons (Fsp3) is 0.467. The lowest BCUT2D eigenvalue weighted by molar-refractivity contribution is 0.176. The molecule has 3 aromatic rings. The van der Waals surface area contributed by atoms with Gasteiger partial charge < -0.3 is 30.2 Å². The molecule has 2 aromatic carbocycles. The fourth-order valence-electron chi connectivity index (χ4n) is 4.87. The number of likely N-dealkylation sites (tertiary alicyclic amines) is 1. The van der Waals surface area contributed by atoms with E-state index in [0.717, 1.165) is 44.5 Å². The summed E-state index contributed by atoms with van der Waals surface area (Å²) in [5.41, 5.74) is 2.09. The number of pyridine rings is 1. The van der Waals surface area contributed by atoms with Crippen LogP contribution in [0.15, 0.2) is 53.3 Å². The molecule has 2 heterocycles. The highest BCUT2D eigenvalue weighted by atomic mass is 16.5. The molecule has 0 bridgehead atoms. The summed E-state index contributed by atoms with van der Waals surface area (Å²) >= 11 is 0. The molecule has 0 aliphatic carbocycles. The molecule has 1 saturated heterocycles. The highest BCUT2D eigenvalue weighted by Gasteiger charge is 2.15. The van der Waals surface area contributed by atoms with Crippen molar-refractivity contribution in [2.24, 2.45) is 5.92 Å². The Morgan fingerprint density at radius 2 is 1.84 bits per heavy atom. The molecule has 7 nitrogen and oxygen atoms in total. The van der Waals surface area contributed by atoms with Crippen LogP contribution in [0.4, 0.5) is 0 Å². The summed E-state index contributed by atoms with van der Waals surface area (Å²) < 4.78 is 5.91. The SMILES string of the molecule is [CH2]C1CCN(CCc2ccc(OCCCCCNC[C@H](O)c3ccc(O)c4[nH]c(=O)ccc34)cc2)CC1. The first-order valence-electron chi connectivity index (χ1n) is 13.5. The molecule has 0 saturated carbocycles. The fourth-order valence-corrected chi connectivity index (χ4v) is 4.87. The van der Waals surface area contributed by atoms with Gasteiger partial charge in [-0.25, -0.2) is 0 Å². The maximum atomic E-state index is 11.6. The lowest BCUT2D eigenvalue weighted by Crippen LogP contribution is -2.34. The zero-order chi connectivity index (χ0) is 26.0. The number of aromatic amines is 1. The van der Waals surface area contributed by atoms with Crippen LogP contribution >= 0.6 is 0 Å². The Labute approximate surface area is 219 Å². The second kappa shape index (κ2) is 13.6. The van der Waals surface area contributed by atoms with E-state index in [1.165, 1.54) is 43.6 Å². The van der Waals surface area contributed by atoms with Gasteiger partial charge in [-0.3, -0.25) is 4.79 Å². The summed E-state index contributed by atoms with van der Waals surface area (Å²) in [4.78, 5) is 16.7. The molecule has 37 heavy (non-hydrogen) atoms. The van der Waals surface area contributed by atoms with Crippen molar-refractivity contribution >= 4 is 10.9 Å². The standard InChI is InChI=1S/C30H40N3O4/c1-22-13-17-33(18-14-22)19-15-23-5-7-24(8-6-23)37-20-4-2-3-16-31-21-28(35)25-9-11-27(34)30-26(25)10-12-29(36)32-30/h5-12,22,28,31,34-35H,1-4,13-21H2,(H,32,36)/t28-/m0/s1. The van der Waals surface area contributed by atoms with Crippen LogP contribution in [0.25, 0.3) is 10.9 Å². The number of aliphatic hydroxyl groups is 1. The van der Waals surface area contributed by atoms with Crippen molar-refractivity contribution in [1.82, 2.24) is 15.2 Å². The number of aromatic nitrogens is 1. The van der Waals surface area contributed by atoms with E-state index in [2.05, 4.69) is 46.4 Å². The van der Waals surface area contributed by atoms with Crippen LogP contribution in [0.1, 0.15) is 49.3 Å². The van der Waals surface area contributed by atoms with Gasteiger partial charge in [-0.1, -0.05) is 25.1 Å². The van der Waals surface area contributed by atoms with Gasteiger partial charge in [-0.15, -0.1) is 0 Å². The first-order valence-corrected chi connectivity index (χ1v) is 13.5. The molecule has 0 amide bonds. The summed E-state index contributed by atoms with van der Waals surface area (Å²) in [5.74, 6) is 1.55. The predicted octanol–water partition coefficient (Wildman–Crippen LogP) is 4.19. The zero-order valence-corrected chi connectivity index (χ0v) is 21.6. The minimum absolute atomic E-state index is 0.00419. The number of benzene rings is 2. The van der Waals surface area contributed by atoms with Crippen molar-refractivity contribution < 1.29 is 14.9 Å². The van der Waals surface area contributed by atoms with Crippen LogP contribution in [-0.4, -0.2) is 59.4 Å². The topological polar surface area (TPSA) is 97.8 Å². The third kappa shape index (κ3) is 8.06. The highest BCUT2D eigenvalue weighted by Crippen LogP contribution is 2.28. The number of phenolic OH excluding ortho intramolecular Hbond substituents is 1. The van der Waals surface area contributed by atoms with Crippen LogP contribution in [0.2, 0.25) is 0 Å². The van der Waals surface area contributed by atoms with E-state index in [-0.39, 0.29) is 11.3 Å². The molecule has 1 fully saturated rings. The largest absolute Gasteiger partial charge is 0.506 e. The third-order valence-corrected chi connectivity index (χ3v) is 7.22.